The molecule has 0 spiro atoms. The van der Waals surface area contributed by atoms with Crippen molar-refractivity contribution in [1.82, 2.24) is 9.88 Å². The van der Waals surface area contributed by atoms with Crippen molar-refractivity contribution >= 4 is 6.09 Å². The molecule has 0 radical (unpaired) electrons. The number of fused-ring (bicyclic) bond motifs is 1. The van der Waals surface area contributed by atoms with Crippen LogP contribution in [0.3, 0.4) is 0 Å². The second-order valence-electron chi connectivity index (χ2n) is 10.1. The van der Waals surface area contributed by atoms with E-state index in [9.17, 15) is 14.7 Å². The lowest BCUT2D eigenvalue weighted by Crippen LogP contribution is -2.47. The van der Waals surface area contributed by atoms with Crippen LogP contribution in [0.4, 0.5) is 4.79 Å². The Balaban J connectivity index is 1.70. The molecule has 2 saturated heterocycles. The lowest BCUT2D eigenvalue weighted by Gasteiger charge is -2.35. The van der Waals surface area contributed by atoms with Gasteiger partial charge in [-0.05, 0) is 46.2 Å². The number of carbonyl (C=O) groups is 1. The average Bonchev–Trinajstić information content (AvgIpc) is 3.18. The van der Waals surface area contributed by atoms with Gasteiger partial charge in [0.15, 0.2) is 11.7 Å². The molecule has 4 unspecified atom stereocenters. The highest BCUT2D eigenvalue weighted by Gasteiger charge is 2.61. The van der Waals surface area contributed by atoms with E-state index in [1.165, 1.54) is 17.0 Å². The topological polar surface area (TPSA) is 110 Å². The normalized spacial score (nSPS) is 25.9. The van der Waals surface area contributed by atoms with E-state index in [2.05, 4.69) is 4.98 Å². The number of likely N-dealkylation sites (tertiary alicyclic amines) is 1. The van der Waals surface area contributed by atoms with Crippen LogP contribution in [0.1, 0.15) is 51.8 Å². The fourth-order valence-electron chi connectivity index (χ4n) is 4.53. The number of ether oxygens (including phenoxy) is 4. The molecule has 34 heavy (non-hydrogen) atoms. The molecule has 4 rings (SSSR count). The second-order valence-corrected chi connectivity index (χ2v) is 10.1. The number of amides is 1. The Morgan fingerprint density at radius 1 is 1.12 bits per heavy atom. The van der Waals surface area contributed by atoms with E-state index in [4.69, 9.17) is 18.9 Å². The van der Waals surface area contributed by atoms with Crippen LogP contribution in [-0.2, 0) is 25.6 Å². The van der Waals surface area contributed by atoms with Gasteiger partial charge in [-0.2, -0.15) is 0 Å². The van der Waals surface area contributed by atoms with Crippen molar-refractivity contribution in [3.05, 3.63) is 63.9 Å². The molecule has 9 nitrogen and oxygen atoms in total. The minimum atomic E-state index is -0.900. The van der Waals surface area contributed by atoms with E-state index in [1.807, 2.05) is 30.3 Å². The fraction of sp³-hybridized carbons (Fsp3) is 0.520. The lowest BCUT2D eigenvalue weighted by atomic mass is 10.0. The van der Waals surface area contributed by atoms with Crippen LogP contribution in [0.5, 0.6) is 5.88 Å². The summed E-state index contributed by atoms with van der Waals surface area (Å²) in [6, 6.07) is 11.2. The van der Waals surface area contributed by atoms with Gasteiger partial charge in [0.05, 0.1) is 25.3 Å². The number of carbonyl (C=O) groups excluding carboxylic acids is 1. The van der Waals surface area contributed by atoms with E-state index >= 15 is 0 Å². The molecule has 184 valence electrons. The number of pyridine rings is 1. The molecule has 2 fully saturated rings. The number of aromatic amines is 1. The summed E-state index contributed by atoms with van der Waals surface area (Å²) in [4.78, 5) is 29.1. The number of nitrogens with one attached hydrogen (secondary N) is 1. The molecule has 2 aliphatic heterocycles. The van der Waals surface area contributed by atoms with Crippen molar-refractivity contribution in [2.75, 3.05) is 6.61 Å². The van der Waals surface area contributed by atoms with Crippen LogP contribution in [0.2, 0.25) is 0 Å². The molecule has 1 amide bonds. The molecule has 2 N–H and O–H groups in total. The Morgan fingerprint density at radius 2 is 1.79 bits per heavy atom. The van der Waals surface area contributed by atoms with Gasteiger partial charge < -0.3 is 24.1 Å². The average molecular weight is 473 g/mol. The second kappa shape index (κ2) is 9.05. The first-order chi connectivity index (χ1) is 16.0. The summed E-state index contributed by atoms with van der Waals surface area (Å²) in [7, 11) is 0. The summed E-state index contributed by atoms with van der Waals surface area (Å²) in [5, 5.41) is 10.6. The monoisotopic (exact) mass is 472 g/mol. The van der Waals surface area contributed by atoms with Crippen LogP contribution in [0.25, 0.3) is 0 Å². The maximum atomic E-state index is 13.4. The number of hydrogen-bond donors (Lipinski definition) is 2. The minimum absolute atomic E-state index is 0.162. The van der Waals surface area contributed by atoms with E-state index in [0.717, 1.165) is 5.56 Å². The summed E-state index contributed by atoms with van der Waals surface area (Å²) in [5.41, 5.74) is 0.140. The smallest absolute Gasteiger partial charge is 0.411 e. The zero-order chi connectivity index (χ0) is 24.7. The van der Waals surface area contributed by atoms with Crippen LogP contribution >= 0.6 is 0 Å². The van der Waals surface area contributed by atoms with Crippen molar-refractivity contribution in [2.24, 2.45) is 0 Å². The number of H-pyrrole nitrogens is 1. The molecule has 2 aliphatic rings. The molecule has 2 aromatic rings. The number of aromatic nitrogens is 1. The third kappa shape index (κ3) is 5.11. The summed E-state index contributed by atoms with van der Waals surface area (Å²) >= 11 is 0. The SMILES string of the molecule is CC(C)(C)OC(=O)N1C(COCc2ccccc2)C2OC(C)(C)OC2C1c1ccc(=O)[nH]c1O. The molecular formula is C25H32N2O7. The quantitative estimate of drug-likeness (QED) is 0.685. The van der Waals surface area contributed by atoms with Crippen molar-refractivity contribution < 1.29 is 28.8 Å². The van der Waals surface area contributed by atoms with Gasteiger partial charge in [0.1, 0.15) is 17.8 Å². The van der Waals surface area contributed by atoms with Crippen molar-refractivity contribution in [2.45, 2.75) is 76.9 Å². The van der Waals surface area contributed by atoms with Gasteiger partial charge in [-0.1, -0.05) is 30.3 Å². The standard InChI is InChI=1S/C25H32N2O7/c1-24(2,3)34-23(30)27-17(14-31-13-15-9-7-6-8-10-15)20-21(33-25(4,5)32-20)19(27)16-11-12-18(28)26-22(16)29/h6-12,17,19-21H,13-14H2,1-5H3,(H2,26,28,29). The zero-order valence-corrected chi connectivity index (χ0v) is 20.1. The molecule has 3 heterocycles. The zero-order valence-electron chi connectivity index (χ0n) is 20.1. The predicted octanol–water partition coefficient (Wildman–Crippen LogP) is 3.48. The fourth-order valence-corrected chi connectivity index (χ4v) is 4.53. The van der Waals surface area contributed by atoms with E-state index in [0.29, 0.717) is 12.2 Å². The van der Waals surface area contributed by atoms with Crippen molar-refractivity contribution in [1.29, 1.82) is 0 Å². The maximum Gasteiger partial charge on any atom is 0.411 e. The maximum absolute atomic E-state index is 13.4. The third-order valence-corrected chi connectivity index (χ3v) is 5.76. The Bertz CT molecular complexity index is 1080. The van der Waals surface area contributed by atoms with Crippen molar-refractivity contribution in [3.8, 4) is 5.88 Å². The first kappa shape index (κ1) is 24.3. The van der Waals surface area contributed by atoms with Crippen molar-refractivity contribution in [3.63, 3.8) is 0 Å². The summed E-state index contributed by atoms with van der Waals surface area (Å²) in [5.74, 6) is -1.23. The van der Waals surface area contributed by atoms with Gasteiger partial charge in [-0.3, -0.25) is 14.7 Å². The highest BCUT2D eigenvalue weighted by molar-refractivity contribution is 5.70. The number of nitrogens with zero attached hydrogens (tertiary/aromatic N) is 1. The van der Waals surface area contributed by atoms with Gasteiger partial charge in [0.2, 0.25) is 0 Å². The van der Waals surface area contributed by atoms with Crippen LogP contribution in [0, 0.1) is 0 Å². The molecule has 0 aliphatic carbocycles. The highest BCUT2D eigenvalue weighted by Crippen LogP contribution is 2.48. The molecule has 9 heteroatoms. The van der Waals surface area contributed by atoms with Crippen LogP contribution in [-0.4, -0.2) is 57.3 Å². The molecule has 0 bridgehead atoms. The molecule has 1 aromatic carbocycles. The number of rotatable bonds is 5. The molecule has 0 saturated carbocycles. The molecular weight excluding hydrogens is 440 g/mol. The van der Waals surface area contributed by atoms with E-state index in [1.54, 1.807) is 34.6 Å². The Labute approximate surface area is 198 Å². The highest BCUT2D eigenvalue weighted by atomic mass is 16.8. The van der Waals surface area contributed by atoms with Crippen LogP contribution in [0.15, 0.2) is 47.3 Å². The van der Waals surface area contributed by atoms with E-state index < -0.39 is 47.3 Å². The Hall–Kier alpha value is -2.88. The number of aromatic hydroxyl groups is 1. The Morgan fingerprint density at radius 3 is 2.44 bits per heavy atom. The predicted molar refractivity (Wildman–Crippen MR) is 123 cm³/mol. The van der Waals surface area contributed by atoms with Gasteiger partial charge in [-0.25, -0.2) is 4.79 Å². The molecule has 4 atom stereocenters. The lowest BCUT2D eigenvalue weighted by molar-refractivity contribution is -0.170. The van der Waals surface area contributed by atoms with Gasteiger partial charge >= 0.3 is 6.09 Å². The van der Waals surface area contributed by atoms with Gasteiger partial charge in [-0.15, -0.1) is 0 Å². The van der Waals surface area contributed by atoms with E-state index in [-0.39, 0.29) is 12.5 Å². The first-order valence-corrected chi connectivity index (χ1v) is 11.4. The first-order valence-electron chi connectivity index (χ1n) is 11.4. The Kier molecular flexibility index (Phi) is 6.46. The van der Waals surface area contributed by atoms with Crippen LogP contribution < -0.4 is 5.56 Å². The van der Waals surface area contributed by atoms with Gasteiger partial charge in [0, 0.05) is 11.6 Å². The summed E-state index contributed by atoms with van der Waals surface area (Å²) in [6.45, 7) is 9.47. The third-order valence-electron chi connectivity index (χ3n) is 5.76. The largest absolute Gasteiger partial charge is 0.494 e. The number of benzene rings is 1. The number of hydrogen-bond acceptors (Lipinski definition) is 7. The molecule has 1 aromatic heterocycles. The minimum Gasteiger partial charge on any atom is -0.494 e. The summed E-state index contributed by atoms with van der Waals surface area (Å²) in [6.07, 6.45) is -1.73. The summed E-state index contributed by atoms with van der Waals surface area (Å²) < 4.78 is 24.1. The van der Waals surface area contributed by atoms with Gasteiger partial charge in [0.25, 0.3) is 5.56 Å².